The van der Waals surface area contributed by atoms with E-state index in [1.165, 1.54) is 17.7 Å². The van der Waals surface area contributed by atoms with Crippen molar-refractivity contribution in [1.29, 1.82) is 0 Å². The molecule has 2 rings (SSSR count). The van der Waals surface area contributed by atoms with Crippen LogP contribution in [0.4, 0.5) is 4.39 Å². The van der Waals surface area contributed by atoms with Crippen LogP contribution in [0.2, 0.25) is 0 Å². The van der Waals surface area contributed by atoms with E-state index < -0.39 is 0 Å². The van der Waals surface area contributed by atoms with Crippen LogP contribution in [0, 0.1) is 12.7 Å². The number of guanidine groups is 1. The van der Waals surface area contributed by atoms with Gasteiger partial charge in [-0.3, -0.25) is 9.67 Å². The lowest BCUT2D eigenvalue weighted by Crippen LogP contribution is -2.38. The molecule has 0 spiro atoms. The van der Waals surface area contributed by atoms with Crippen molar-refractivity contribution in [1.82, 2.24) is 20.4 Å². The maximum Gasteiger partial charge on any atom is 0.191 e. The molecule has 0 radical (unpaired) electrons. The number of rotatable bonds is 8. The minimum absolute atomic E-state index is 0.200. The zero-order valence-corrected chi connectivity index (χ0v) is 14.4. The van der Waals surface area contributed by atoms with E-state index in [0.717, 1.165) is 50.5 Å². The molecular weight excluding hydrogens is 305 g/mol. The van der Waals surface area contributed by atoms with E-state index in [-0.39, 0.29) is 5.82 Å². The molecule has 0 saturated heterocycles. The third-order valence-electron chi connectivity index (χ3n) is 3.54. The molecule has 1 aromatic heterocycles. The zero-order valence-electron chi connectivity index (χ0n) is 14.4. The van der Waals surface area contributed by atoms with Gasteiger partial charge in [-0.2, -0.15) is 5.10 Å². The van der Waals surface area contributed by atoms with Gasteiger partial charge in [0.1, 0.15) is 5.82 Å². The van der Waals surface area contributed by atoms with Crippen molar-refractivity contribution in [2.24, 2.45) is 4.99 Å². The number of nitrogens with zero attached hydrogens (tertiary/aromatic N) is 3. The summed E-state index contributed by atoms with van der Waals surface area (Å²) in [5, 5.41) is 10.8. The standard InChI is InChI=1S/C18H26FN5/c1-3-20-18(21-10-4-12-24-14-15(2)13-23-24)22-11-9-16-5-7-17(19)8-6-16/h5-8,13-14H,3-4,9-12H2,1-2H3,(H2,20,21,22). The van der Waals surface area contributed by atoms with Crippen molar-refractivity contribution in [2.45, 2.75) is 33.2 Å². The molecule has 1 aromatic carbocycles. The summed E-state index contributed by atoms with van der Waals surface area (Å²) in [7, 11) is 0. The monoisotopic (exact) mass is 331 g/mol. The van der Waals surface area contributed by atoms with Crippen LogP contribution in [0.1, 0.15) is 24.5 Å². The molecule has 0 aliphatic rings. The van der Waals surface area contributed by atoms with Gasteiger partial charge in [-0.15, -0.1) is 0 Å². The van der Waals surface area contributed by atoms with Crippen LogP contribution in [0.25, 0.3) is 0 Å². The fourth-order valence-electron chi connectivity index (χ4n) is 2.33. The number of aryl methyl sites for hydroxylation is 2. The van der Waals surface area contributed by atoms with E-state index in [1.54, 1.807) is 0 Å². The van der Waals surface area contributed by atoms with E-state index in [4.69, 9.17) is 0 Å². The molecule has 0 aliphatic carbocycles. The van der Waals surface area contributed by atoms with E-state index in [2.05, 4.69) is 20.7 Å². The molecule has 1 heterocycles. The van der Waals surface area contributed by atoms with E-state index >= 15 is 0 Å². The van der Waals surface area contributed by atoms with Gasteiger partial charge in [-0.05, 0) is 49.9 Å². The Morgan fingerprint density at radius 1 is 1.25 bits per heavy atom. The van der Waals surface area contributed by atoms with E-state index in [0.29, 0.717) is 0 Å². The summed E-state index contributed by atoms with van der Waals surface area (Å²) in [5.74, 6) is 0.616. The summed E-state index contributed by atoms with van der Waals surface area (Å²) in [6.45, 7) is 7.27. The van der Waals surface area contributed by atoms with Gasteiger partial charge in [0.25, 0.3) is 0 Å². The molecular formula is C18H26FN5. The highest BCUT2D eigenvalue weighted by atomic mass is 19.1. The smallest absolute Gasteiger partial charge is 0.191 e. The maximum absolute atomic E-state index is 12.9. The van der Waals surface area contributed by atoms with Crippen LogP contribution in [0.3, 0.4) is 0 Å². The maximum atomic E-state index is 12.9. The van der Waals surface area contributed by atoms with Gasteiger partial charge in [-0.25, -0.2) is 4.39 Å². The number of hydrogen-bond donors (Lipinski definition) is 2. The molecule has 0 bridgehead atoms. The van der Waals surface area contributed by atoms with E-state index in [9.17, 15) is 4.39 Å². The largest absolute Gasteiger partial charge is 0.357 e. The Morgan fingerprint density at radius 3 is 2.71 bits per heavy atom. The predicted octanol–water partition coefficient (Wildman–Crippen LogP) is 2.52. The Hall–Kier alpha value is -2.37. The molecule has 130 valence electrons. The topological polar surface area (TPSA) is 54.2 Å². The number of aliphatic imine (C=N–C) groups is 1. The molecule has 24 heavy (non-hydrogen) atoms. The summed E-state index contributed by atoms with van der Waals surface area (Å²) >= 11 is 0. The third-order valence-corrected chi connectivity index (χ3v) is 3.54. The Balaban J connectivity index is 1.72. The number of aromatic nitrogens is 2. The summed E-state index contributed by atoms with van der Waals surface area (Å²) in [6, 6.07) is 6.61. The van der Waals surface area contributed by atoms with Gasteiger partial charge in [0.15, 0.2) is 5.96 Å². The summed E-state index contributed by atoms with van der Waals surface area (Å²) in [5.41, 5.74) is 2.28. The van der Waals surface area contributed by atoms with Crippen LogP contribution in [-0.2, 0) is 13.0 Å². The van der Waals surface area contributed by atoms with Crippen molar-refractivity contribution in [3.8, 4) is 0 Å². The first kappa shape index (κ1) is 18.0. The SMILES string of the molecule is CCNC(=NCCCn1cc(C)cn1)NCCc1ccc(F)cc1. The number of benzene rings is 1. The van der Waals surface area contributed by atoms with Gasteiger partial charge in [0.05, 0.1) is 6.20 Å². The number of halogens is 1. The molecule has 5 nitrogen and oxygen atoms in total. The van der Waals surface area contributed by atoms with E-state index in [1.807, 2.05) is 43.1 Å². The molecule has 0 aliphatic heterocycles. The quantitative estimate of drug-likeness (QED) is 0.444. The molecule has 0 atom stereocenters. The second kappa shape index (κ2) is 9.70. The van der Waals surface area contributed by atoms with Crippen molar-refractivity contribution in [2.75, 3.05) is 19.6 Å². The molecule has 2 aromatic rings. The molecule has 0 saturated carbocycles. The Morgan fingerprint density at radius 2 is 2.04 bits per heavy atom. The first-order valence-corrected chi connectivity index (χ1v) is 8.43. The first-order chi connectivity index (χ1) is 11.7. The summed E-state index contributed by atoms with van der Waals surface area (Å²) in [6.07, 6.45) is 5.67. The summed E-state index contributed by atoms with van der Waals surface area (Å²) in [4.78, 5) is 4.57. The normalized spacial score (nSPS) is 11.5. The zero-order chi connectivity index (χ0) is 17.2. The van der Waals surface area contributed by atoms with Crippen molar-refractivity contribution < 1.29 is 4.39 Å². The van der Waals surface area contributed by atoms with Gasteiger partial charge < -0.3 is 10.6 Å². The van der Waals surface area contributed by atoms with Gasteiger partial charge in [0.2, 0.25) is 0 Å². The van der Waals surface area contributed by atoms with Crippen LogP contribution in [-0.4, -0.2) is 35.4 Å². The molecule has 0 fully saturated rings. The third kappa shape index (κ3) is 6.40. The highest BCUT2D eigenvalue weighted by Crippen LogP contribution is 2.02. The van der Waals surface area contributed by atoms with Gasteiger partial charge in [-0.1, -0.05) is 12.1 Å². The minimum Gasteiger partial charge on any atom is -0.357 e. The van der Waals surface area contributed by atoms with Gasteiger partial charge in [0, 0.05) is 32.4 Å². The molecule has 0 unspecified atom stereocenters. The van der Waals surface area contributed by atoms with Crippen molar-refractivity contribution >= 4 is 5.96 Å². The molecule has 0 amide bonds. The Kier molecular flexibility index (Phi) is 7.26. The van der Waals surface area contributed by atoms with Crippen LogP contribution < -0.4 is 10.6 Å². The Bertz CT molecular complexity index is 633. The highest BCUT2D eigenvalue weighted by molar-refractivity contribution is 5.79. The summed E-state index contributed by atoms with van der Waals surface area (Å²) < 4.78 is 14.8. The van der Waals surface area contributed by atoms with Crippen LogP contribution in [0.15, 0.2) is 41.7 Å². The average molecular weight is 331 g/mol. The molecule has 6 heteroatoms. The van der Waals surface area contributed by atoms with Crippen molar-refractivity contribution in [3.05, 3.63) is 53.6 Å². The predicted molar refractivity (Wildman–Crippen MR) is 95.7 cm³/mol. The fourth-order valence-corrected chi connectivity index (χ4v) is 2.33. The number of hydrogen-bond acceptors (Lipinski definition) is 2. The van der Waals surface area contributed by atoms with Crippen molar-refractivity contribution in [3.63, 3.8) is 0 Å². The lowest BCUT2D eigenvalue weighted by molar-refractivity contribution is 0.583. The average Bonchev–Trinajstić information content (AvgIpc) is 2.99. The van der Waals surface area contributed by atoms with Crippen LogP contribution in [0.5, 0.6) is 0 Å². The highest BCUT2D eigenvalue weighted by Gasteiger charge is 1.99. The number of nitrogens with one attached hydrogen (secondary N) is 2. The second-order valence-electron chi connectivity index (χ2n) is 5.70. The van der Waals surface area contributed by atoms with Crippen LogP contribution >= 0.6 is 0 Å². The fraction of sp³-hybridized carbons (Fsp3) is 0.444. The molecule has 2 N–H and O–H groups in total. The first-order valence-electron chi connectivity index (χ1n) is 8.43. The lowest BCUT2D eigenvalue weighted by atomic mass is 10.1. The second-order valence-corrected chi connectivity index (χ2v) is 5.70. The van der Waals surface area contributed by atoms with Gasteiger partial charge >= 0.3 is 0 Å². The minimum atomic E-state index is -0.200. The lowest BCUT2D eigenvalue weighted by Gasteiger charge is -2.11. The Labute approximate surface area is 143 Å².